The molecule has 0 aliphatic heterocycles. The molecule has 6 heteroatoms. The monoisotopic (exact) mass is 370 g/mol. The average Bonchev–Trinajstić information content (AvgIpc) is 3.16. The second-order valence-electron chi connectivity index (χ2n) is 5.71. The molecule has 1 N–H and O–H groups in total. The zero-order valence-electron chi connectivity index (χ0n) is 14.4. The molecule has 1 amide bonds. The quantitative estimate of drug-likeness (QED) is 0.658. The average molecular weight is 370 g/mol. The highest BCUT2D eigenvalue weighted by Crippen LogP contribution is 2.32. The van der Waals surface area contributed by atoms with Crippen molar-refractivity contribution in [1.29, 1.82) is 0 Å². The third-order valence-electron chi connectivity index (χ3n) is 3.70. The van der Waals surface area contributed by atoms with Crippen LogP contribution >= 0.6 is 11.3 Å². The molecule has 0 radical (unpaired) electrons. The number of aromatic nitrogens is 1. The Labute approximate surface area is 155 Å². The summed E-state index contributed by atoms with van der Waals surface area (Å²) >= 11 is 1.40. The highest BCUT2D eigenvalue weighted by molar-refractivity contribution is 7.13. The number of benzene rings is 2. The van der Waals surface area contributed by atoms with Gasteiger partial charge in [0.1, 0.15) is 28.9 Å². The predicted octanol–water partition coefficient (Wildman–Crippen LogP) is 4.67. The van der Waals surface area contributed by atoms with Gasteiger partial charge in [0.05, 0.1) is 5.56 Å². The molecule has 0 spiro atoms. The van der Waals surface area contributed by atoms with E-state index in [2.05, 4.69) is 10.3 Å². The van der Waals surface area contributed by atoms with Crippen molar-refractivity contribution in [2.75, 3.05) is 6.54 Å². The summed E-state index contributed by atoms with van der Waals surface area (Å²) < 4.78 is 18.9. The van der Waals surface area contributed by atoms with Crippen LogP contribution < -0.4 is 10.1 Å². The van der Waals surface area contributed by atoms with Crippen LogP contribution in [-0.4, -0.2) is 17.4 Å². The molecule has 3 rings (SSSR count). The lowest BCUT2D eigenvalue weighted by Crippen LogP contribution is -2.24. The Hall–Kier alpha value is -2.73. The highest BCUT2D eigenvalue weighted by Gasteiger charge is 2.14. The molecular weight excluding hydrogens is 351 g/mol. The minimum atomic E-state index is -0.272. The zero-order chi connectivity index (χ0) is 18.4. The van der Waals surface area contributed by atoms with E-state index in [9.17, 15) is 9.18 Å². The minimum absolute atomic E-state index is 0.168. The number of ether oxygens (including phenoxy) is 1. The van der Waals surface area contributed by atoms with Crippen molar-refractivity contribution in [3.05, 3.63) is 71.0 Å². The molecular formula is C20H19FN2O2S. The molecule has 3 aromatic rings. The summed E-state index contributed by atoms with van der Waals surface area (Å²) in [5.41, 5.74) is 2.11. The van der Waals surface area contributed by atoms with Crippen molar-refractivity contribution < 1.29 is 13.9 Å². The lowest BCUT2D eigenvalue weighted by Gasteiger charge is -2.10. The van der Waals surface area contributed by atoms with E-state index in [-0.39, 0.29) is 11.7 Å². The van der Waals surface area contributed by atoms with Gasteiger partial charge in [0.25, 0.3) is 5.91 Å². The Morgan fingerprint density at radius 3 is 2.73 bits per heavy atom. The molecule has 26 heavy (non-hydrogen) atoms. The van der Waals surface area contributed by atoms with Crippen LogP contribution in [0.5, 0.6) is 5.75 Å². The van der Waals surface area contributed by atoms with Gasteiger partial charge in [-0.15, -0.1) is 11.3 Å². The third kappa shape index (κ3) is 4.46. The number of halogens is 1. The van der Waals surface area contributed by atoms with Gasteiger partial charge in [0.15, 0.2) is 0 Å². The fraction of sp³-hybridized carbons (Fsp3) is 0.200. The summed E-state index contributed by atoms with van der Waals surface area (Å²) in [4.78, 5) is 16.5. The van der Waals surface area contributed by atoms with Crippen LogP contribution in [0.25, 0.3) is 10.6 Å². The van der Waals surface area contributed by atoms with E-state index < -0.39 is 0 Å². The smallest absolute Gasteiger partial charge is 0.270 e. The Balaban J connectivity index is 1.75. The van der Waals surface area contributed by atoms with Crippen LogP contribution in [0.15, 0.2) is 53.9 Å². The first-order valence-electron chi connectivity index (χ1n) is 8.37. The van der Waals surface area contributed by atoms with Gasteiger partial charge in [0.2, 0.25) is 0 Å². The summed E-state index contributed by atoms with van der Waals surface area (Å²) in [5, 5.41) is 5.29. The van der Waals surface area contributed by atoms with E-state index in [1.807, 2.05) is 31.2 Å². The number of amides is 1. The number of nitrogens with zero attached hydrogens (tertiary/aromatic N) is 1. The summed E-state index contributed by atoms with van der Waals surface area (Å²) in [6.45, 7) is 2.96. The molecule has 0 saturated carbocycles. The van der Waals surface area contributed by atoms with Gasteiger partial charge in [0, 0.05) is 11.9 Å². The Morgan fingerprint density at radius 2 is 1.96 bits per heavy atom. The van der Waals surface area contributed by atoms with Crippen molar-refractivity contribution in [1.82, 2.24) is 10.3 Å². The van der Waals surface area contributed by atoms with Crippen LogP contribution in [0.2, 0.25) is 0 Å². The lowest BCUT2D eigenvalue weighted by atomic mass is 10.2. The largest absolute Gasteiger partial charge is 0.488 e. The van der Waals surface area contributed by atoms with E-state index in [1.54, 1.807) is 17.5 Å². The molecule has 0 aliphatic carbocycles. The summed E-state index contributed by atoms with van der Waals surface area (Å²) in [5.74, 6) is 0.233. The fourth-order valence-corrected chi connectivity index (χ4v) is 3.17. The second kappa shape index (κ2) is 8.58. The molecule has 134 valence electrons. The summed E-state index contributed by atoms with van der Waals surface area (Å²) in [6.07, 6.45) is 0.878. The first kappa shape index (κ1) is 18.1. The van der Waals surface area contributed by atoms with Crippen LogP contribution in [0.1, 0.15) is 29.4 Å². The van der Waals surface area contributed by atoms with Gasteiger partial charge in [-0.3, -0.25) is 4.79 Å². The van der Waals surface area contributed by atoms with E-state index >= 15 is 0 Å². The maximum atomic E-state index is 13.0. The van der Waals surface area contributed by atoms with Crippen molar-refractivity contribution in [3.8, 4) is 16.3 Å². The van der Waals surface area contributed by atoms with Crippen molar-refractivity contribution in [3.63, 3.8) is 0 Å². The lowest BCUT2D eigenvalue weighted by molar-refractivity contribution is 0.0949. The molecule has 4 nitrogen and oxygen atoms in total. The van der Waals surface area contributed by atoms with Gasteiger partial charge in [-0.2, -0.15) is 0 Å². The number of thiazole rings is 1. The standard InChI is InChI=1S/C20H19FN2O2S/c1-2-11-22-19(24)17-13-26-20(23-17)16-5-3-4-6-18(16)25-12-14-7-9-15(21)10-8-14/h3-10,13H,2,11-12H2,1H3,(H,22,24). The SMILES string of the molecule is CCCNC(=O)c1csc(-c2ccccc2OCc2ccc(F)cc2)n1. The highest BCUT2D eigenvalue weighted by atomic mass is 32.1. The number of hydrogen-bond donors (Lipinski definition) is 1. The Kier molecular flexibility index (Phi) is 5.96. The number of rotatable bonds is 7. The number of hydrogen-bond acceptors (Lipinski definition) is 4. The van der Waals surface area contributed by atoms with Gasteiger partial charge in [-0.25, -0.2) is 9.37 Å². The van der Waals surface area contributed by atoms with E-state index in [1.165, 1.54) is 23.5 Å². The molecule has 0 unspecified atom stereocenters. The van der Waals surface area contributed by atoms with E-state index in [0.29, 0.717) is 24.6 Å². The number of carbonyl (C=O) groups is 1. The third-order valence-corrected chi connectivity index (χ3v) is 4.57. The van der Waals surface area contributed by atoms with E-state index in [0.717, 1.165) is 22.6 Å². The van der Waals surface area contributed by atoms with Gasteiger partial charge in [-0.1, -0.05) is 31.2 Å². The topological polar surface area (TPSA) is 51.2 Å². The van der Waals surface area contributed by atoms with Crippen LogP contribution in [0.4, 0.5) is 4.39 Å². The zero-order valence-corrected chi connectivity index (χ0v) is 15.2. The molecule has 0 atom stereocenters. The van der Waals surface area contributed by atoms with Gasteiger partial charge < -0.3 is 10.1 Å². The maximum Gasteiger partial charge on any atom is 0.270 e. The van der Waals surface area contributed by atoms with Crippen molar-refractivity contribution in [2.45, 2.75) is 20.0 Å². The molecule has 1 heterocycles. The Morgan fingerprint density at radius 1 is 1.19 bits per heavy atom. The molecule has 1 aromatic heterocycles. The van der Waals surface area contributed by atoms with Crippen molar-refractivity contribution >= 4 is 17.2 Å². The summed E-state index contributed by atoms with van der Waals surface area (Å²) in [6, 6.07) is 13.8. The molecule has 0 saturated heterocycles. The fourth-order valence-electron chi connectivity index (χ4n) is 2.34. The second-order valence-corrected chi connectivity index (χ2v) is 6.56. The first-order valence-corrected chi connectivity index (χ1v) is 9.25. The summed E-state index contributed by atoms with van der Waals surface area (Å²) in [7, 11) is 0. The molecule has 0 fully saturated rings. The van der Waals surface area contributed by atoms with Gasteiger partial charge in [-0.05, 0) is 36.2 Å². The van der Waals surface area contributed by atoms with Crippen molar-refractivity contribution in [2.24, 2.45) is 0 Å². The maximum absolute atomic E-state index is 13.0. The molecule has 0 aliphatic rings. The van der Waals surface area contributed by atoms with Crippen LogP contribution in [0, 0.1) is 5.82 Å². The van der Waals surface area contributed by atoms with Crippen LogP contribution in [0.3, 0.4) is 0 Å². The normalized spacial score (nSPS) is 10.5. The van der Waals surface area contributed by atoms with Gasteiger partial charge >= 0.3 is 0 Å². The molecule has 2 aromatic carbocycles. The first-order chi connectivity index (χ1) is 12.7. The molecule has 0 bridgehead atoms. The van der Waals surface area contributed by atoms with E-state index in [4.69, 9.17) is 4.74 Å². The predicted molar refractivity (Wildman–Crippen MR) is 101 cm³/mol. The number of nitrogens with one attached hydrogen (secondary N) is 1. The number of carbonyl (C=O) groups excluding carboxylic acids is 1. The van der Waals surface area contributed by atoms with Crippen LogP contribution in [-0.2, 0) is 6.61 Å². The number of para-hydroxylation sites is 1. The Bertz CT molecular complexity index is 878. The minimum Gasteiger partial charge on any atom is -0.488 e.